The molecule has 0 N–H and O–H groups in total. The van der Waals surface area contributed by atoms with Gasteiger partial charge in [-0.3, -0.25) is 14.5 Å². The van der Waals surface area contributed by atoms with E-state index in [0.29, 0.717) is 41.2 Å². The van der Waals surface area contributed by atoms with Crippen LogP contribution in [0.25, 0.3) is 0 Å². The SMILES string of the molecule is CCN1Cc2ccc(Cl)cc2C2(CC2CN2C(=O)c3ccccc3C2=O)S1(=O)=O. The number of rotatable bonds is 3. The number of carbonyl (C=O) groups excluding carboxylic acids is 2. The average molecular weight is 431 g/mol. The first-order chi connectivity index (χ1) is 13.8. The number of halogens is 1. The van der Waals surface area contributed by atoms with E-state index < -0.39 is 14.8 Å². The lowest BCUT2D eigenvalue weighted by Gasteiger charge is -2.35. The molecule has 0 saturated heterocycles. The first kappa shape index (κ1) is 18.8. The summed E-state index contributed by atoms with van der Waals surface area (Å²) in [5.41, 5.74) is 2.38. The van der Waals surface area contributed by atoms with Crippen LogP contribution >= 0.6 is 11.6 Å². The standard InChI is InChI=1S/C21H19ClN2O4S/c1-2-23-11-13-7-8-15(22)9-18(13)21(29(23,27)28)10-14(21)12-24-19(25)16-5-3-4-6-17(16)20(24)26/h3-9,14H,2,10-12H2,1H3. The van der Waals surface area contributed by atoms with Gasteiger partial charge in [0, 0.05) is 30.6 Å². The number of hydrogen-bond acceptors (Lipinski definition) is 4. The number of carbonyl (C=O) groups is 2. The Morgan fingerprint density at radius 2 is 1.76 bits per heavy atom. The molecule has 150 valence electrons. The second-order valence-electron chi connectivity index (χ2n) is 7.79. The van der Waals surface area contributed by atoms with E-state index in [1.54, 1.807) is 36.4 Å². The molecular formula is C21H19ClN2O4S. The second kappa shape index (κ2) is 6.14. The molecule has 2 atom stereocenters. The van der Waals surface area contributed by atoms with Gasteiger partial charge in [-0.15, -0.1) is 0 Å². The van der Waals surface area contributed by atoms with Crippen molar-refractivity contribution in [1.29, 1.82) is 0 Å². The van der Waals surface area contributed by atoms with Crippen LogP contribution in [-0.4, -0.2) is 42.5 Å². The van der Waals surface area contributed by atoms with Gasteiger partial charge in [-0.1, -0.05) is 36.7 Å². The monoisotopic (exact) mass is 430 g/mol. The van der Waals surface area contributed by atoms with E-state index in [0.717, 1.165) is 5.56 Å². The lowest BCUT2D eigenvalue weighted by atomic mass is 10.0. The van der Waals surface area contributed by atoms with Crippen molar-refractivity contribution in [2.45, 2.75) is 24.6 Å². The Kier molecular flexibility index (Phi) is 3.98. The first-order valence-electron chi connectivity index (χ1n) is 9.55. The highest BCUT2D eigenvalue weighted by Gasteiger charge is 2.69. The van der Waals surface area contributed by atoms with Crippen LogP contribution < -0.4 is 0 Å². The third-order valence-corrected chi connectivity index (χ3v) is 9.30. The van der Waals surface area contributed by atoms with Gasteiger partial charge in [0.1, 0.15) is 4.75 Å². The molecule has 1 saturated carbocycles. The van der Waals surface area contributed by atoms with E-state index >= 15 is 0 Å². The Labute approximate surface area is 174 Å². The second-order valence-corrected chi connectivity index (χ2v) is 10.4. The summed E-state index contributed by atoms with van der Waals surface area (Å²) in [6, 6.07) is 12.1. The lowest BCUT2D eigenvalue weighted by molar-refractivity contribution is 0.0644. The average Bonchev–Trinajstić information content (AvgIpc) is 3.39. The molecule has 8 heteroatoms. The van der Waals surface area contributed by atoms with E-state index in [4.69, 9.17) is 11.6 Å². The quantitative estimate of drug-likeness (QED) is 0.701. The Morgan fingerprint density at radius 3 is 2.38 bits per heavy atom. The van der Waals surface area contributed by atoms with E-state index in [9.17, 15) is 18.0 Å². The van der Waals surface area contributed by atoms with Crippen LogP contribution in [0.2, 0.25) is 5.02 Å². The molecule has 1 aliphatic carbocycles. The van der Waals surface area contributed by atoms with Gasteiger partial charge in [0.2, 0.25) is 10.0 Å². The molecule has 5 rings (SSSR count). The number of benzene rings is 2. The normalized spacial score (nSPS) is 27.2. The predicted octanol–water partition coefficient (Wildman–Crippen LogP) is 3.02. The fraction of sp³-hybridized carbons (Fsp3) is 0.333. The van der Waals surface area contributed by atoms with Crippen LogP contribution in [0, 0.1) is 5.92 Å². The van der Waals surface area contributed by atoms with Crippen LogP contribution in [0.1, 0.15) is 45.2 Å². The molecule has 0 aromatic heterocycles. The fourth-order valence-corrected chi connectivity index (χ4v) is 7.45. The topological polar surface area (TPSA) is 74.8 Å². The third-order valence-electron chi connectivity index (χ3n) is 6.36. The number of fused-ring (bicyclic) bond motifs is 3. The van der Waals surface area contributed by atoms with Crippen molar-refractivity contribution in [3.05, 3.63) is 69.7 Å². The molecule has 0 bridgehead atoms. The minimum atomic E-state index is -3.64. The van der Waals surface area contributed by atoms with Crippen molar-refractivity contribution in [3.63, 3.8) is 0 Å². The van der Waals surface area contributed by atoms with Gasteiger partial charge < -0.3 is 0 Å². The van der Waals surface area contributed by atoms with Crippen LogP contribution in [0.5, 0.6) is 0 Å². The van der Waals surface area contributed by atoms with Crippen LogP contribution in [0.3, 0.4) is 0 Å². The summed E-state index contributed by atoms with van der Waals surface area (Å²) in [7, 11) is -3.64. The number of imide groups is 1. The summed E-state index contributed by atoms with van der Waals surface area (Å²) in [4.78, 5) is 26.7. The van der Waals surface area contributed by atoms with Crippen molar-refractivity contribution in [2.75, 3.05) is 13.1 Å². The van der Waals surface area contributed by atoms with Crippen molar-refractivity contribution in [2.24, 2.45) is 5.92 Å². The smallest absolute Gasteiger partial charge is 0.261 e. The van der Waals surface area contributed by atoms with Gasteiger partial charge in [-0.05, 0) is 41.8 Å². The summed E-state index contributed by atoms with van der Waals surface area (Å²) in [5.74, 6) is -1.08. The molecule has 2 unspecified atom stereocenters. The summed E-state index contributed by atoms with van der Waals surface area (Å²) in [6.45, 7) is 2.57. The van der Waals surface area contributed by atoms with Gasteiger partial charge in [0.05, 0.1) is 11.1 Å². The van der Waals surface area contributed by atoms with Crippen molar-refractivity contribution < 1.29 is 18.0 Å². The first-order valence-corrected chi connectivity index (χ1v) is 11.4. The molecule has 2 aromatic carbocycles. The molecular weight excluding hydrogens is 412 g/mol. The fourth-order valence-electron chi connectivity index (χ4n) is 4.80. The zero-order chi connectivity index (χ0) is 20.6. The van der Waals surface area contributed by atoms with Crippen molar-refractivity contribution in [1.82, 2.24) is 9.21 Å². The molecule has 1 spiro atoms. The van der Waals surface area contributed by atoms with Gasteiger partial charge in [0.25, 0.3) is 11.8 Å². The third kappa shape index (κ3) is 2.41. The van der Waals surface area contributed by atoms with E-state index in [1.807, 2.05) is 13.0 Å². The highest BCUT2D eigenvalue weighted by Crippen LogP contribution is 2.62. The Morgan fingerprint density at radius 1 is 1.10 bits per heavy atom. The Hall–Kier alpha value is -2.22. The number of amides is 2. The zero-order valence-electron chi connectivity index (χ0n) is 15.8. The number of hydrogen-bond donors (Lipinski definition) is 0. The molecule has 3 aliphatic rings. The molecule has 2 heterocycles. The molecule has 6 nitrogen and oxygen atoms in total. The molecule has 2 amide bonds. The summed E-state index contributed by atoms with van der Waals surface area (Å²) >= 11 is 6.19. The largest absolute Gasteiger partial charge is 0.274 e. The zero-order valence-corrected chi connectivity index (χ0v) is 17.3. The van der Waals surface area contributed by atoms with E-state index in [1.165, 1.54) is 9.21 Å². The Bertz CT molecular complexity index is 1140. The molecule has 1 fully saturated rings. The Balaban J connectivity index is 1.54. The maximum absolute atomic E-state index is 13.5. The maximum Gasteiger partial charge on any atom is 0.261 e. The van der Waals surface area contributed by atoms with Crippen LogP contribution in [0.15, 0.2) is 42.5 Å². The van der Waals surface area contributed by atoms with Crippen LogP contribution in [-0.2, 0) is 21.3 Å². The van der Waals surface area contributed by atoms with Crippen molar-refractivity contribution >= 4 is 33.4 Å². The highest BCUT2D eigenvalue weighted by molar-refractivity contribution is 7.90. The van der Waals surface area contributed by atoms with Gasteiger partial charge in [0.15, 0.2) is 0 Å². The molecule has 0 radical (unpaired) electrons. The van der Waals surface area contributed by atoms with Gasteiger partial charge in [-0.2, -0.15) is 4.31 Å². The minimum absolute atomic E-state index is 0.0785. The molecule has 29 heavy (non-hydrogen) atoms. The molecule has 2 aliphatic heterocycles. The predicted molar refractivity (Wildman–Crippen MR) is 108 cm³/mol. The highest BCUT2D eigenvalue weighted by atomic mass is 35.5. The maximum atomic E-state index is 13.5. The lowest BCUT2D eigenvalue weighted by Crippen LogP contribution is -2.45. The summed E-state index contributed by atoms with van der Waals surface area (Å²) in [6.07, 6.45) is 0.368. The number of sulfonamides is 1. The molecule has 2 aromatic rings. The van der Waals surface area contributed by atoms with E-state index in [2.05, 4.69) is 0 Å². The van der Waals surface area contributed by atoms with Gasteiger partial charge >= 0.3 is 0 Å². The summed E-state index contributed by atoms with van der Waals surface area (Å²) in [5, 5.41) is 0.481. The number of nitrogens with zero attached hydrogens (tertiary/aromatic N) is 2. The minimum Gasteiger partial charge on any atom is -0.274 e. The van der Waals surface area contributed by atoms with E-state index in [-0.39, 0.29) is 24.3 Å². The summed E-state index contributed by atoms with van der Waals surface area (Å²) < 4.78 is 27.3. The van der Waals surface area contributed by atoms with Gasteiger partial charge in [-0.25, -0.2) is 8.42 Å². The van der Waals surface area contributed by atoms with Crippen molar-refractivity contribution in [3.8, 4) is 0 Å². The van der Waals surface area contributed by atoms with Crippen LogP contribution in [0.4, 0.5) is 0 Å².